The van der Waals surface area contributed by atoms with Crippen molar-refractivity contribution in [1.82, 2.24) is 9.80 Å². The number of piperidine rings is 2. The normalized spacial score (nSPS) is 23.7. The fraction of sp³-hybridized carbons (Fsp3) is 0.650. The third-order valence-corrected chi connectivity index (χ3v) is 5.64. The van der Waals surface area contributed by atoms with E-state index in [9.17, 15) is 4.79 Å². The van der Waals surface area contributed by atoms with Gasteiger partial charge in [-0.25, -0.2) is 0 Å². The van der Waals surface area contributed by atoms with E-state index in [4.69, 9.17) is 5.73 Å². The van der Waals surface area contributed by atoms with Crippen molar-refractivity contribution in [3.8, 4) is 0 Å². The van der Waals surface area contributed by atoms with Crippen LogP contribution >= 0.6 is 24.8 Å². The molecule has 2 aliphatic heterocycles. The second-order valence-corrected chi connectivity index (χ2v) is 7.61. The minimum atomic E-state index is 0. The summed E-state index contributed by atoms with van der Waals surface area (Å²) in [4.78, 5) is 17.4. The molecule has 2 unspecified atom stereocenters. The minimum absolute atomic E-state index is 0. The predicted octanol–water partition coefficient (Wildman–Crippen LogP) is 3.77. The van der Waals surface area contributed by atoms with Crippen LogP contribution in [0.15, 0.2) is 24.3 Å². The molecule has 2 heterocycles. The van der Waals surface area contributed by atoms with Crippen LogP contribution in [0.4, 0.5) is 5.69 Å². The van der Waals surface area contributed by atoms with Crippen LogP contribution in [0, 0.1) is 5.92 Å². The number of hydrogen-bond acceptors (Lipinski definition) is 3. The van der Waals surface area contributed by atoms with Crippen LogP contribution in [0.5, 0.6) is 0 Å². The van der Waals surface area contributed by atoms with E-state index in [0.717, 1.165) is 37.3 Å². The highest BCUT2D eigenvalue weighted by atomic mass is 35.5. The molecular formula is C20H33Cl2N3O. The van der Waals surface area contributed by atoms with Crippen molar-refractivity contribution >= 4 is 36.4 Å². The number of carbonyl (C=O) groups is 1. The summed E-state index contributed by atoms with van der Waals surface area (Å²) >= 11 is 0. The van der Waals surface area contributed by atoms with Crippen LogP contribution in [0.25, 0.3) is 0 Å². The van der Waals surface area contributed by atoms with Crippen molar-refractivity contribution in [1.29, 1.82) is 0 Å². The van der Waals surface area contributed by atoms with Gasteiger partial charge in [0.25, 0.3) is 0 Å². The molecule has 0 radical (unpaired) electrons. The second kappa shape index (κ2) is 11.0. The molecule has 2 fully saturated rings. The van der Waals surface area contributed by atoms with Crippen molar-refractivity contribution in [2.75, 3.05) is 31.9 Å². The zero-order valence-corrected chi connectivity index (χ0v) is 17.4. The Morgan fingerprint density at radius 3 is 2.50 bits per heavy atom. The van der Waals surface area contributed by atoms with Crippen LogP contribution < -0.4 is 5.73 Å². The van der Waals surface area contributed by atoms with Gasteiger partial charge in [0.05, 0.1) is 6.42 Å². The summed E-state index contributed by atoms with van der Waals surface area (Å²) < 4.78 is 0. The summed E-state index contributed by atoms with van der Waals surface area (Å²) in [6.07, 6.45) is 6.92. The average Bonchev–Trinajstić information content (AvgIpc) is 2.59. The van der Waals surface area contributed by atoms with Crippen LogP contribution in [-0.4, -0.2) is 47.9 Å². The molecule has 2 N–H and O–H groups in total. The van der Waals surface area contributed by atoms with Crippen molar-refractivity contribution in [2.45, 2.75) is 51.5 Å². The topological polar surface area (TPSA) is 49.6 Å². The van der Waals surface area contributed by atoms with E-state index < -0.39 is 0 Å². The van der Waals surface area contributed by atoms with E-state index in [0.29, 0.717) is 18.4 Å². The van der Waals surface area contributed by atoms with Gasteiger partial charge in [0.1, 0.15) is 0 Å². The number of benzene rings is 1. The number of anilines is 1. The lowest BCUT2D eigenvalue weighted by Gasteiger charge is -2.39. The summed E-state index contributed by atoms with van der Waals surface area (Å²) in [5.74, 6) is 0.894. The number of rotatable bonds is 4. The molecule has 0 saturated carbocycles. The van der Waals surface area contributed by atoms with Gasteiger partial charge in [0.2, 0.25) is 5.91 Å². The maximum atomic E-state index is 12.6. The van der Waals surface area contributed by atoms with Crippen molar-refractivity contribution < 1.29 is 4.79 Å². The van der Waals surface area contributed by atoms with Crippen molar-refractivity contribution in [3.05, 3.63) is 29.8 Å². The molecule has 1 aromatic rings. The Bertz CT molecular complexity index is 552. The summed E-state index contributed by atoms with van der Waals surface area (Å²) in [5.41, 5.74) is 7.52. The Morgan fingerprint density at radius 1 is 1.08 bits per heavy atom. The highest BCUT2D eigenvalue weighted by Gasteiger charge is 2.27. The molecule has 0 aliphatic carbocycles. The molecule has 4 nitrogen and oxygen atoms in total. The molecule has 6 heteroatoms. The second-order valence-electron chi connectivity index (χ2n) is 7.61. The smallest absolute Gasteiger partial charge is 0.226 e. The van der Waals surface area contributed by atoms with Gasteiger partial charge in [-0.1, -0.05) is 18.6 Å². The first-order valence-corrected chi connectivity index (χ1v) is 9.48. The molecule has 1 amide bonds. The van der Waals surface area contributed by atoms with Gasteiger partial charge in [0, 0.05) is 31.4 Å². The van der Waals surface area contributed by atoms with Gasteiger partial charge in [-0.05, 0) is 62.8 Å². The highest BCUT2D eigenvalue weighted by Crippen LogP contribution is 2.23. The quantitative estimate of drug-likeness (QED) is 0.780. The number of amides is 1. The number of carbonyl (C=O) groups excluding carboxylic acids is 1. The van der Waals surface area contributed by atoms with E-state index >= 15 is 0 Å². The Morgan fingerprint density at radius 2 is 1.81 bits per heavy atom. The first kappa shape index (κ1) is 23.1. The predicted molar refractivity (Wildman–Crippen MR) is 113 cm³/mol. The van der Waals surface area contributed by atoms with E-state index in [1.807, 2.05) is 24.3 Å². The molecule has 3 rings (SSSR count). The number of hydrogen-bond donors (Lipinski definition) is 1. The van der Waals surface area contributed by atoms with Gasteiger partial charge < -0.3 is 15.5 Å². The molecule has 0 spiro atoms. The average molecular weight is 402 g/mol. The Hall–Kier alpha value is -0.970. The number of nitrogen functional groups attached to an aromatic ring is 1. The number of nitrogens with two attached hydrogens (primary N) is 1. The Labute approximate surface area is 170 Å². The summed E-state index contributed by atoms with van der Waals surface area (Å²) in [6.45, 7) is 6.59. The van der Waals surface area contributed by atoms with Crippen LogP contribution in [0.1, 0.15) is 44.6 Å². The van der Waals surface area contributed by atoms with Gasteiger partial charge in [-0.3, -0.25) is 4.79 Å². The lowest BCUT2D eigenvalue weighted by Crippen LogP contribution is -2.47. The molecule has 2 atom stereocenters. The maximum absolute atomic E-state index is 12.6. The van der Waals surface area contributed by atoms with Gasteiger partial charge in [-0.15, -0.1) is 24.8 Å². The Kier molecular flexibility index (Phi) is 9.77. The molecule has 0 bridgehead atoms. The van der Waals surface area contributed by atoms with E-state index in [2.05, 4.69) is 16.7 Å². The third-order valence-electron chi connectivity index (χ3n) is 5.64. The van der Waals surface area contributed by atoms with E-state index in [-0.39, 0.29) is 30.7 Å². The third kappa shape index (κ3) is 6.33. The fourth-order valence-corrected chi connectivity index (χ4v) is 4.12. The molecule has 1 aromatic carbocycles. The van der Waals surface area contributed by atoms with Gasteiger partial charge in [0.15, 0.2) is 0 Å². The van der Waals surface area contributed by atoms with E-state index in [1.54, 1.807) is 0 Å². The number of nitrogens with zero attached hydrogens (tertiary/aromatic N) is 2. The number of halogens is 2. The standard InChI is InChI=1S/C20H31N3O.2ClH/c1-16-5-2-3-11-22(16)14-18-6-4-12-23(15-18)20(24)13-17-7-9-19(21)10-8-17;;/h7-10,16,18H,2-6,11-15,21H2,1H3;2*1H. The molecule has 0 aromatic heterocycles. The minimum Gasteiger partial charge on any atom is -0.399 e. The van der Waals surface area contributed by atoms with E-state index in [1.165, 1.54) is 32.2 Å². The largest absolute Gasteiger partial charge is 0.399 e. The first-order chi connectivity index (χ1) is 11.6. The summed E-state index contributed by atoms with van der Waals surface area (Å²) in [7, 11) is 0. The maximum Gasteiger partial charge on any atom is 0.226 e. The monoisotopic (exact) mass is 401 g/mol. The molecule has 2 saturated heterocycles. The van der Waals surface area contributed by atoms with Crippen LogP contribution in [0.2, 0.25) is 0 Å². The zero-order valence-electron chi connectivity index (χ0n) is 15.7. The fourth-order valence-electron chi connectivity index (χ4n) is 4.12. The highest BCUT2D eigenvalue weighted by molar-refractivity contribution is 5.85. The van der Waals surface area contributed by atoms with Crippen molar-refractivity contribution in [3.63, 3.8) is 0 Å². The van der Waals surface area contributed by atoms with Gasteiger partial charge >= 0.3 is 0 Å². The molecule has 148 valence electrons. The van der Waals surface area contributed by atoms with Crippen LogP contribution in [0.3, 0.4) is 0 Å². The summed E-state index contributed by atoms with van der Waals surface area (Å²) in [5, 5.41) is 0. The van der Waals surface area contributed by atoms with Gasteiger partial charge in [-0.2, -0.15) is 0 Å². The lowest BCUT2D eigenvalue weighted by molar-refractivity contribution is -0.132. The molecule has 2 aliphatic rings. The molecule has 26 heavy (non-hydrogen) atoms. The lowest BCUT2D eigenvalue weighted by atomic mass is 9.94. The summed E-state index contributed by atoms with van der Waals surface area (Å²) in [6, 6.07) is 8.38. The van der Waals surface area contributed by atoms with Crippen molar-refractivity contribution in [2.24, 2.45) is 5.92 Å². The number of likely N-dealkylation sites (tertiary alicyclic amines) is 2. The molecular weight excluding hydrogens is 369 g/mol. The zero-order chi connectivity index (χ0) is 16.9. The Balaban J connectivity index is 0.00000169. The van der Waals surface area contributed by atoms with Crippen LogP contribution in [-0.2, 0) is 11.2 Å². The first-order valence-electron chi connectivity index (χ1n) is 9.48. The SMILES string of the molecule is CC1CCCCN1CC1CCCN(C(=O)Cc2ccc(N)cc2)C1.Cl.Cl.